The van der Waals surface area contributed by atoms with E-state index in [2.05, 4.69) is 0 Å². The molecule has 1 aliphatic carbocycles. The maximum absolute atomic E-state index is 12.4. The second-order valence-electron chi connectivity index (χ2n) is 7.26. The minimum absolute atomic E-state index is 0.0579. The van der Waals surface area contributed by atoms with Gasteiger partial charge in [0.1, 0.15) is 12.6 Å². The monoisotopic (exact) mass is 382 g/mol. The van der Waals surface area contributed by atoms with Gasteiger partial charge in [0.15, 0.2) is 0 Å². The Balaban J connectivity index is 1.71. The van der Waals surface area contributed by atoms with Gasteiger partial charge < -0.3 is 23.8 Å². The SMILES string of the molecule is O=CCCCCCOC(=O)C1CC2OC2CC1C(=O)OCCCCCC=O. The Kier molecular flexibility index (Phi) is 9.45. The molecule has 1 saturated carbocycles. The van der Waals surface area contributed by atoms with E-state index in [0.29, 0.717) is 51.7 Å². The number of hydrogen-bond acceptors (Lipinski definition) is 7. The van der Waals surface area contributed by atoms with Gasteiger partial charge in [0, 0.05) is 12.8 Å². The summed E-state index contributed by atoms with van der Waals surface area (Å²) in [5.41, 5.74) is 0. The number of hydrogen-bond donors (Lipinski definition) is 0. The second kappa shape index (κ2) is 11.8. The van der Waals surface area contributed by atoms with Crippen LogP contribution < -0.4 is 0 Å². The number of fused-ring (bicyclic) bond motifs is 1. The lowest BCUT2D eigenvalue weighted by atomic mass is 9.79. The molecule has 0 radical (unpaired) electrons. The summed E-state index contributed by atoms with van der Waals surface area (Å²) in [7, 11) is 0. The van der Waals surface area contributed by atoms with Crippen LogP contribution in [0.15, 0.2) is 0 Å². The Morgan fingerprint density at radius 2 is 1.19 bits per heavy atom. The quantitative estimate of drug-likeness (QED) is 0.197. The summed E-state index contributed by atoms with van der Waals surface area (Å²) in [5, 5.41) is 0. The highest BCUT2D eigenvalue weighted by atomic mass is 16.6. The van der Waals surface area contributed by atoms with Crippen molar-refractivity contribution in [1.82, 2.24) is 0 Å². The third kappa shape index (κ3) is 7.40. The van der Waals surface area contributed by atoms with E-state index < -0.39 is 11.8 Å². The molecule has 2 aliphatic rings. The average Bonchev–Trinajstić information content (AvgIpc) is 3.44. The molecule has 152 valence electrons. The molecule has 0 spiro atoms. The number of aldehydes is 2. The van der Waals surface area contributed by atoms with Crippen molar-refractivity contribution in [2.45, 2.75) is 76.4 Å². The van der Waals surface area contributed by atoms with Gasteiger partial charge in [0.25, 0.3) is 0 Å². The van der Waals surface area contributed by atoms with Crippen LogP contribution >= 0.6 is 0 Å². The zero-order valence-corrected chi connectivity index (χ0v) is 15.8. The third-order valence-corrected chi connectivity index (χ3v) is 5.17. The van der Waals surface area contributed by atoms with Crippen molar-refractivity contribution in [1.29, 1.82) is 0 Å². The van der Waals surface area contributed by atoms with E-state index in [-0.39, 0.29) is 24.1 Å². The standard InChI is InChI=1S/C20H30O7/c21-9-5-1-3-7-11-25-19(23)15-13-17-18(27-17)14-16(15)20(24)26-12-8-4-2-6-10-22/h9-10,15-18H,1-8,11-14H2. The molecule has 1 heterocycles. The van der Waals surface area contributed by atoms with Crippen LogP contribution in [0.2, 0.25) is 0 Å². The van der Waals surface area contributed by atoms with Gasteiger partial charge in [-0.3, -0.25) is 9.59 Å². The molecule has 0 aromatic heterocycles. The minimum Gasteiger partial charge on any atom is -0.465 e. The van der Waals surface area contributed by atoms with Crippen molar-refractivity contribution in [2.75, 3.05) is 13.2 Å². The van der Waals surface area contributed by atoms with Crippen molar-refractivity contribution in [3.8, 4) is 0 Å². The molecule has 0 bridgehead atoms. The summed E-state index contributed by atoms with van der Waals surface area (Å²) in [6.07, 6.45) is 8.65. The first-order valence-corrected chi connectivity index (χ1v) is 10.0. The summed E-state index contributed by atoms with van der Waals surface area (Å²) in [6.45, 7) is 0.614. The van der Waals surface area contributed by atoms with Gasteiger partial charge >= 0.3 is 11.9 Å². The fourth-order valence-electron chi connectivity index (χ4n) is 3.52. The van der Waals surface area contributed by atoms with Crippen LogP contribution in [-0.4, -0.2) is 49.9 Å². The van der Waals surface area contributed by atoms with E-state index in [0.717, 1.165) is 38.3 Å². The topological polar surface area (TPSA) is 99.3 Å². The smallest absolute Gasteiger partial charge is 0.309 e. The maximum Gasteiger partial charge on any atom is 0.309 e. The van der Waals surface area contributed by atoms with Crippen LogP contribution in [0.1, 0.15) is 64.2 Å². The molecular weight excluding hydrogens is 352 g/mol. The van der Waals surface area contributed by atoms with Crippen LogP contribution in [0.5, 0.6) is 0 Å². The summed E-state index contributed by atoms with van der Waals surface area (Å²) >= 11 is 0. The molecule has 1 saturated heterocycles. The first-order valence-electron chi connectivity index (χ1n) is 10.0. The number of epoxide rings is 1. The summed E-state index contributed by atoms with van der Waals surface area (Å²) in [6, 6.07) is 0. The molecule has 7 nitrogen and oxygen atoms in total. The van der Waals surface area contributed by atoms with Crippen molar-refractivity contribution in [3.05, 3.63) is 0 Å². The molecule has 0 amide bonds. The molecule has 1 aliphatic heterocycles. The lowest BCUT2D eigenvalue weighted by molar-refractivity contribution is -0.162. The van der Waals surface area contributed by atoms with E-state index in [9.17, 15) is 19.2 Å². The van der Waals surface area contributed by atoms with Gasteiger partial charge in [-0.05, 0) is 51.4 Å². The predicted molar refractivity (Wildman–Crippen MR) is 95.9 cm³/mol. The molecule has 27 heavy (non-hydrogen) atoms. The first kappa shape index (κ1) is 21.5. The molecule has 0 N–H and O–H groups in total. The Morgan fingerprint density at radius 3 is 1.59 bits per heavy atom. The van der Waals surface area contributed by atoms with Crippen LogP contribution in [0, 0.1) is 11.8 Å². The molecule has 2 rings (SSSR count). The Labute approximate surface area is 160 Å². The maximum atomic E-state index is 12.4. The molecule has 4 unspecified atom stereocenters. The number of esters is 2. The molecule has 4 atom stereocenters. The number of carbonyl (C=O) groups excluding carboxylic acids is 4. The van der Waals surface area contributed by atoms with Crippen LogP contribution in [0.3, 0.4) is 0 Å². The van der Waals surface area contributed by atoms with Crippen molar-refractivity contribution in [2.24, 2.45) is 11.8 Å². The van der Waals surface area contributed by atoms with E-state index in [4.69, 9.17) is 14.2 Å². The van der Waals surface area contributed by atoms with Crippen LogP contribution in [0.4, 0.5) is 0 Å². The Morgan fingerprint density at radius 1 is 0.741 bits per heavy atom. The van der Waals surface area contributed by atoms with Gasteiger partial charge in [-0.1, -0.05) is 0 Å². The lowest BCUT2D eigenvalue weighted by Crippen LogP contribution is -2.37. The van der Waals surface area contributed by atoms with Gasteiger partial charge in [0.05, 0.1) is 37.3 Å². The second-order valence-corrected chi connectivity index (χ2v) is 7.26. The molecule has 0 aromatic carbocycles. The largest absolute Gasteiger partial charge is 0.465 e. The van der Waals surface area contributed by atoms with Crippen molar-refractivity contribution < 1.29 is 33.4 Å². The first-order chi connectivity index (χ1) is 13.2. The minimum atomic E-state index is -0.508. The van der Waals surface area contributed by atoms with Crippen molar-refractivity contribution in [3.63, 3.8) is 0 Å². The fraction of sp³-hybridized carbons (Fsp3) is 0.800. The zero-order valence-electron chi connectivity index (χ0n) is 15.8. The van der Waals surface area contributed by atoms with E-state index >= 15 is 0 Å². The van der Waals surface area contributed by atoms with E-state index in [1.165, 1.54) is 0 Å². The summed E-state index contributed by atoms with van der Waals surface area (Å²) < 4.78 is 16.2. The molecule has 2 fully saturated rings. The lowest BCUT2D eigenvalue weighted by Gasteiger charge is -2.26. The normalized spacial score (nSPS) is 25.9. The number of unbranched alkanes of at least 4 members (excludes halogenated alkanes) is 6. The number of carbonyl (C=O) groups is 4. The fourth-order valence-corrected chi connectivity index (χ4v) is 3.52. The molecule has 7 heteroatoms. The van der Waals surface area contributed by atoms with E-state index in [1.807, 2.05) is 0 Å². The van der Waals surface area contributed by atoms with Gasteiger partial charge in [-0.15, -0.1) is 0 Å². The summed E-state index contributed by atoms with van der Waals surface area (Å²) in [4.78, 5) is 45.4. The Bertz CT molecular complexity index is 461. The van der Waals surface area contributed by atoms with Gasteiger partial charge in [0.2, 0.25) is 0 Å². The number of ether oxygens (including phenoxy) is 3. The Hall–Kier alpha value is -1.76. The molecular formula is C20H30O7. The zero-order chi connectivity index (χ0) is 19.5. The van der Waals surface area contributed by atoms with Crippen LogP contribution in [0.25, 0.3) is 0 Å². The predicted octanol–water partition coefficient (Wildman–Crippen LogP) is 2.39. The average molecular weight is 382 g/mol. The van der Waals surface area contributed by atoms with Gasteiger partial charge in [-0.2, -0.15) is 0 Å². The highest BCUT2D eigenvalue weighted by Gasteiger charge is 2.53. The highest BCUT2D eigenvalue weighted by Crippen LogP contribution is 2.43. The highest BCUT2D eigenvalue weighted by molar-refractivity contribution is 5.82. The number of rotatable bonds is 14. The summed E-state index contributed by atoms with van der Waals surface area (Å²) in [5.74, 6) is -1.72. The van der Waals surface area contributed by atoms with Crippen molar-refractivity contribution >= 4 is 24.5 Å². The van der Waals surface area contributed by atoms with E-state index in [1.54, 1.807) is 0 Å². The third-order valence-electron chi connectivity index (χ3n) is 5.17. The van der Waals surface area contributed by atoms with Gasteiger partial charge in [-0.25, -0.2) is 0 Å². The molecule has 0 aromatic rings. The van der Waals surface area contributed by atoms with Crippen LogP contribution in [-0.2, 0) is 33.4 Å².